The van der Waals surface area contributed by atoms with Gasteiger partial charge in [-0.3, -0.25) is 0 Å². The second kappa shape index (κ2) is 7.84. The number of para-hydroxylation sites is 1. The zero-order chi connectivity index (χ0) is 20.4. The van der Waals surface area contributed by atoms with Gasteiger partial charge in [-0.2, -0.15) is 10.2 Å². The Labute approximate surface area is 167 Å². The fourth-order valence-corrected chi connectivity index (χ4v) is 3.24. The quantitative estimate of drug-likeness (QED) is 0.504. The molecule has 0 aliphatic carbocycles. The topological polar surface area (TPSA) is 95.9 Å². The maximum Gasteiger partial charge on any atom is 0.258 e. The Hall–Kier alpha value is -3.52. The molecule has 146 valence electrons. The molecule has 4 rings (SSSR count). The van der Waals surface area contributed by atoms with Gasteiger partial charge in [-0.05, 0) is 42.3 Å². The number of hydrogen-bond acceptors (Lipinski definition) is 6. The van der Waals surface area contributed by atoms with Crippen LogP contribution in [0.5, 0.6) is 5.75 Å². The van der Waals surface area contributed by atoms with Crippen LogP contribution in [0.1, 0.15) is 5.56 Å². The molecule has 0 radical (unpaired) electrons. The van der Waals surface area contributed by atoms with E-state index in [9.17, 15) is 10.4 Å². The Morgan fingerprint density at radius 3 is 2.41 bits per heavy atom. The molecule has 1 unspecified atom stereocenters. The minimum absolute atomic E-state index is 0.175. The van der Waals surface area contributed by atoms with E-state index >= 15 is 0 Å². The van der Waals surface area contributed by atoms with E-state index in [4.69, 9.17) is 9.26 Å². The zero-order valence-electron chi connectivity index (χ0n) is 15.9. The highest BCUT2D eigenvalue weighted by Gasteiger charge is 2.18. The van der Waals surface area contributed by atoms with E-state index in [-0.39, 0.29) is 11.6 Å². The molecule has 0 amide bonds. The predicted octanol–water partition coefficient (Wildman–Crippen LogP) is 3.79. The van der Waals surface area contributed by atoms with Crippen molar-refractivity contribution in [3.63, 3.8) is 0 Å². The van der Waals surface area contributed by atoms with Gasteiger partial charge in [-0.1, -0.05) is 41.6 Å². The maximum atomic E-state index is 11.9. The first-order valence-corrected chi connectivity index (χ1v) is 8.99. The van der Waals surface area contributed by atoms with Crippen molar-refractivity contribution in [2.24, 2.45) is 0 Å². The van der Waals surface area contributed by atoms with Gasteiger partial charge in [0.15, 0.2) is 5.69 Å². The van der Waals surface area contributed by atoms with Crippen LogP contribution in [-0.2, 0) is 0 Å². The van der Waals surface area contributed by atoms with E-state index in [1.54, 1.807) is 25.3 Å². The summed E-state index contributed by atoms with van der Waals surface area (Å²) in [6.45, 7) is 1.95. The first-order valence-electron chi connectivity index (χ1n) is 8.99. The van der Waals surface area contributed by atoms with Gasteiger partial charge in [0.1, 0.15) is 5.75 Å². The molecule has 1 heterocycles. The van der Waals surface area contributed by atoms with Crippen LogP contribution in [0.4, 0.5) is 5.69 Å². The van der Waals surface area contributed by atoms with Crippen molar-refractivity contribution in [3.8, 4) is 39.7 Å². The normalized spacial score (nSPS) is 12.0. The van der Waals surface area contributed by atoms with Crippen molar-refractivity contribution in [2.45, 2.75) is 6.92 Å². The van der Waals surface area contributed by atoms with Gasteiger partial charge in [0, 0.05) is 17.2 Å². The highest BCUT2D eigenvalue weighted by atomic mass is 16.8. The van der Waals surface area contributed by atoms with Crippen molar-refractivity contribution < 1.29 is 19.7 Å². The third-order valence-corrected chi connectivity index (χ3v) is 4.71. The molecule has 2 N–H and O–H groups in total. The van der Waals surface area contributed by atoms with Gasteiger partial charge < -0.3 is 14.5 Å². The lowest BCUT2D eigenvalue weighted by atomic mass is 9.97. The van der Waals surface area contributed by atoms with E-state index in [1.165, 1.54) is 0 Å². The van der Waals surface area contributed by atoms with Crippen LogP contribution >= 0.6 is 0 Å². The molecule has 1 atom stereocenters. The summed E-state index contributed by atoms with van der Waals surface area (Å²) >= 11 is 0. The summed E-state index contributed by atoms with van der Waals surface area (Å²) in [5, 5.41) is 24.7. The van der Waals surface area contributed by atoms with Crippen LogP contribution in [-0.4, -0.2) is 22.5 Å². The summed E-state index contributed by atoms with van der Waals surface area (Å²) in [5.41, 5.74) is 3.92. The lowest BCUT2D eigenvalue weighted by Gasteiger charge is -2.17. The number of ether oxygens (including phenoxy) is 1. The summed E-state index contributed by atoms with van der Waals surface area (Å²) in [7, 11) is 1.57. The average Bonchev–Trinajstić information content (AvgIpc) is 3.24. The SMILES string of the molecule is COc1ccccc1-c1noc(-c2ccc(-c3ccccc3C)c([NH+]([O-])O)c2)n1. The number of hydrogen-bond donors (Lipinski definition) is 2. The summed E-state index contributed by atoms with van der Waals surface area (Å²) < 4.78 is 10.7. The smallest absolute Gasteiger partial charge is 0.258 e. The molecule has 1 aromatic heterocycles. The lowest BCUT2D eigenvalue weighted by molar-refractivity contribution is -0.991. The number of nitrogens with zero attached hydrogens (tertiary/aromatic N) is 2. The molecule has 29 heavy (non-hydrogen) atoms. The van der Waals surface area contributed by atoms with Crippen LogP contribution in [0, 0.1) is 12.1 Å². The van der Waals surface area contributed by atoms with Crippen molar-refractivity contribution in [1.29, 1.82) is 0 Å². The first-order chi connectivity index (χ1) is 14.1. The fraction of sp³-hybridized carbons (Fsp3) is 0.0909. The van der Waals surface area contributed by atoms with E-state index in [2.05, 4.69) is 10.1 Å². The summed E-state index contributed by atoms with van der Waals surface area (Å²) in [5.74, 6) is 1.24. The van der Waals surface area contributed by atoms with Gasteiger partial charge >= 0.3 is 0 Å². The Balaban J connectivity index is 1.76. The minimum Gasteiger partial charge on any atom is -0.595 e. The predicted molar refractivity (Wildman–Crippen MR) is 108 cm³/mol. The van der Waals surface area contributed by atoms with Crippen LogP contribution in [0.3, 0.4) is 0 Å². The Bertz CT molecular complexity index is 1150. The van der Waals surface area contributed by atoms with E-state index in [0.717, 1.165) is 11.1 Å². The lowest BCUT2D eigenvalue weighted by Crippen LogP contribution is -2.99. The van der Waals surface area contributed by atoms with Gasteiger partial charge in [0.2, 0.25) is 5.82 Å². The standard InChI is InChI=1S/C22H19N3O4/c1-14-7-3-4-8-16(14)17-12-11-15(13-19(17)25(26)27)22-23-21(24-29-22)18-9-5-6-10-20(18)28-2/h3-13,25-26H,1-2H3. The second-order valence-corrected chi connectivity index (χ2v) is 6.50. The molecular weight excluding hydrogens is 370 g/mol. The largest absolute Gasteiger partial charge is 0.595 e. The van der Waals surface area contributed by atoms with E-state index in [1.807, 2.05) is 55.5 Å². The molecule has 0 aliphatic heterocycles. The number of aryl methyl sites for hydroxylation is 1. The Morgan fingerprint density at radius 2 is 1.69 bits per heavy atom. The van der Waals surface area contributed by atoms with Crippen molar-refractivity contribution >= 4 is 5.69 Å². The molecule has 4 aromatic rings. The van der Waals surface area contributed by atoms with E-state index in [0.29, 0.717) is 28.3 Å². The molecule has 0 saturated heterocycles. The van der Waals surface area contributed by atoms with Gasteiger partial charge in [-0.15, -0.1) is 0 Å². The summed E-state index contributed by atoms with van der Waals surface area (Å²) in [6, 6.07) is 20.1. The number of methoxy groups -OCH3 is 1. The maximum absolute atomic E-state index is 11.9. The summed E-state index contributed by atoms with van der Waals surface area (Å²) in [6.07, 6.45) is 0. The molecule has 0 spiro atoms. The number of benzene rings is 3. The number of aromatic nitrogens is 2. The number of nitrogens with one attached hydrogen (secondary N) is 1. The molecule has 0 fully saturated rings. The minimum atomic E-state index is -1.02. The summed E-state index contributed by atoms with van der Waals surface area (Å²) in [4.78, 5) is 4.43. The zero-order valence-corrected chi connectivity index (χ0v) is 15.9. The molecule has 7 heteroatoms. The fourth-order valence-electron chi connectivity index (χ4n) is 3.24. The van der Waals surface area contributed by atoms with Crippen LogP contribution in [0.2, 0.25) is 0 Å². The highest BCUT2D eigenvalue weighted by molar-refractivity contribution is 5.79. The van der Waals surface area contributed by atoms with Gasteiger partial charge in [0.25, 0.3) is 5.89 Å². The number of quaternary nitrogens is 1. The molecule has 7 nitrogen and oxygen atoms in total. The van der Waals surface area contributed by atoms with Gasteiger partial charge in [0.05, 0.1) is 12.7 Å². The molecule has 0 bridgehead atoms. The highest BCUT2D eigenvalue weighted by Crippen LogP contribution is 2.33. The van der Waals surface area contributed by atoms with Crippen LogP contribution in [0.25, 0.3) is 34.0 Å². The molecule has 0 aliphatic rings. The average molecular weight is 389 g/mol. The van der Waals surface area contributed by atoms with Crippen LogP contribution < -0.4 is 9.96 Å². The Kier molecular flexibility index (Phi) is 5.09. The van der Waals surface area contributed by atoms with Crippen molar-refractivity contribution in [1.82, 2.24) is 10.1 Å². The second-order valence-electron chi connectivity index (χ2n) is 6.50. The molecule has 3 aromatic carbocycles. The molecular formula is C22H19N3O4. The van der Waals surface area contributed by atoms with Gasteiger partial charge in [-0.25, -0.2) is 5.21 Å². The van der Waals surface area contributed by atoms with E-state index < -0.39 is 5.23 Å². The third-order valence-electron chi connectivity index (χ3n) is 4.71. The molecule has 0 saturated carbocycles. The third kappa shape index (κ3) is 3.62. The van der Waals surface area contributed by atoms with Crippen LogP contribution in [0.15, 0.2) is 71.3 Å². The Morgan fingerprint density at radius 1 is 0.966 bits per heavy atom. The van der Waals surface area contributed by atoms with Crippen molar-refractivity contribution in [3.05, 3.63) is 77.5 Å². The van der Waals surface area contributed by atoms with Crippen molar-refractivity contribution in [2.75, 3.05) is 7.11 Å². The monoisotopic (exact) mass is 389 g/mol. The first kappa shape index (κ1) is 18.8. The number of rotatable bonds is 5.